The Labute approximate surface area is 117 Å². The molecule has 0 unspecified atom stereocenters. The van der Waals surface area contributed by atoms with Gasteiger partial charge in [0.25, 0.3) is 5.91 Å². The van der Waals surface area contributed by atoms with E-state index in [0.717, 1.165) is 6.20 Å². The zero-order valence-corrected chi connectivity index (χ0v) is 10.6. The van der Waals surface area contributed by atoms with Crippen LogP contribution in [0.4, 0.5) is 5.82 Å². The minimum atomic E-state index is -0.909. The second-order valence-electron chi connectivity index (χ2n) is 3.75. The number of amides is 1. The summed E-state index contributed by atoms with van der Waals surface area (Å²) in [5, 5.41) is 17.9. The molecule has 0 atom stereocenters. The van der Waals surface area contributed by atoms with E-state index >= 15 is 0 Å². The van der Waals surface area contributed by atoms with Crippen molar-refractivity contribution in [2.45, 2.75) is 0 Å². The number of hydrogen-bond donors (Lipinski definition) is 5. The first kappa shape index (κ1) is 14.0. The van der Waals surface area contributed by atoms with Gasteiger partial charge in [-0.15, -0.1) is 0 Å². The Morgan fingerprint density at radius 1 is 1.19 bits per heavy atom. The number of carbonyl (C=O) groups is 1. The van der Waals surface area contributed by atoms with Gasteiger partial charge < -0.3 is 26.7 Å². The van der Waals surface area contributed by atoms with Crippen molar-refractivity contribution in [1.82, 2.24) is 24.9 Å². The minimum absolute atomic E-state index is 0.354. The number of imidazole rings is 1. The Morgan fingerprint density at radius 3 is 2.52 bits per heavy atom. The number of H-pyrrole nitrogens is 1. The molecule has 21 heavy (non-hydrogen) atoms. The number of anilines is 1. The van der Waals surface area contributed by atoms with Crippen LogP contribution in [0.2, 0.25) is 0 Å². The highest BCUT2D eigenvalue weighted by Crippen LogP contribution is 2.22. The van der Waals surface area contributed by atoms with Crippen molar-refractivity contribution in [1.29, 1.82) is 0 Å². The standard InChI is InChI=1S/C6H6N2O3.C5H5N5/c7-5(10)4-3(9)1-2-8-6(4)11;6-4-3-5(9-1-7-3)10-2-8-4/h1-2H,(H2,7,10)(H2,8,9,11);1-2H,(H3,6,7,8,9,10). The first-order valence-corrected chi connectivity index (χ1v) is 5.57. The molecule has 10 heteroatoms. The number of pyridine rings is 1. The summed E-state index contributed by atoms with van der Waals surface area (Å²) in [6, 6.07) is 1.17. The number of primary amides is 1. The first-order chi connectivity index (χ1) is 10.0. The van der Waals surface area contributed by atoms with Crippen LogP contribution in [-0.2, 0) is 0 Å². The normalized spacial score (nSPS) is 9.90. The van der Waals surface area contributed by atoms with Gasteiger partial charge in [-0.3, -0.25) is 4.79 Å². The summed E-state index contributed by atoms with van der Waals surface area (Å²) in [7, 11) is 0. The van der Waals surface area contributed by atoms with Crippen molar-refractivity contribution in [2.75, 3.05) is 5.73 Å². The first-order valence-electron chi connectivity index (χ1n) is 5.57. The van der Waals surface area contributed by atoms with Gasteiger partial charge in [0, 0.05) is 6.20 Å². The Morgan fingerprint density at radius 2 is 1.95 bits per heavy atom. The fourth-order valence-electron chi connectivity index (χ4n) is 1.46. The van der Waals surface area contributed by atoms with Crippen molar-refractivity contribution >= 4 is 22.9 Å². The Hall–Kier alpha value is -3.43. The number of nitrogens with one attached hydrogen (secondary N) is 1. The van der Waals surface area contributed by atoms with E-state index in [0.29, 0.717) is 17.0 Å². The van der Waals surface area contributed by atoms with Gasteiger partial charge in [-0.1, -0.05) is 0 Å². The number of fused-ring (bicyclic) bond motifs is 1. The lowest BCUT2D eigenvalue weighted by molar-refractivity contribution is 0.0994. The van der Waals surface area contributed by atoms with E-state index in [2.05, 4.69) is 24.9 Å². The molecule has 3 rings (SSSR count). The molecule has 0 fully saturated rings. The number of nitrogens with zero attached hydrogens (tertiary/aromatic N) is 4. The summed E-state index contributed by atoms with van der Waals surface area (Å²) < 4.78 is 0. The zero-order valence-electron chi connectivity index (χ0n) is 10.6. The van der Waals surface area contributed by atoms with Crippen LogP contribution in [0.3, 0.4) is 0 Å². The largest absolute Gasteiger partial charge is 0.507 e. The molecule has 0 aliphatic carbocycles. The van der Waals surface area contributed by atoms with Crippen LogP contribution in [0, 0.1) is 0 Å². The molecule has 1 amide bonds. The highest BCUT2D eigenvalue weighted by atomic mass is 16.3. The molecule has 0 spiro atoms. The highest BCUT2D eigenvalue weighted by molar-refractivity contribution is 5.97. The minimum Gasteiger partial charge on any atom is -0.507 e. The SMILES string of the molecule is NC(=O)c1c(O)ccnc1O.Nc1ncnc2[nH]cnc12. The lowest BCUT2D eigenvalue weighted by Gasteiger charge is -1.99. The number of nitrogens with two attached hydrogens (primary N) is 2. The quantitative estimate of drug-likeness (QED) is 0.399. The van der Waals surface area contributed by atoms with Crippen LogP contribution in [-0.4, -0.2) is 41.0 Å². The molecular formula is C11H11N7O3. The summed E-state index contributed by atoms with van der Waals surface area (Å²) in [6.45, 7) is 0. The van der Waals surface area contributed by atoms with Gasteiger partial charge in [0.2, 0.25) is 5.88 Å². The zero-order chi connectivity index (χ0) is 15.4. The monoisotopic (exact) mass is 289 g/mol. The predicted octanol–water partition coefficient (Wildman–Crippen LogP) is -0.473. The lowest BCUT2D eigenvalue weighted by atomic mass is 10.2. The van der Waals surface area contributed by atoms with E-state index < -0.39 is 11.8 Å². The molecule has 3 aromatic heterocycles. The topological polar surface area (TPSA) is 177 Å². The number of carbonyl (C=O) groups excluding carboxylic acids is 1. The number of hydrogen-bond acceptors (Lipinski definition) is 8. The van der Waals surface area contributed by atoms with Crippen molar-refractivity contribution in [3.05, 3.63) is 30.5 Å². The molecule has 0 bridgehead atoms. The highest BCUT2D eigenvalue weighted by Gasteiger charge is 2.12. The van der Waals surface area contributed by atoms with Crippen LogP contribution in [0.5, 0.6) is 11.6 Å². The molecule has 3 heterocycles. The summed E-state index contributed by atoms with van der Waals surface area (Å²) >= 11 is 0. The van der Waals surface area contributed by atoms with Gasteiger partial charge >= 0.3 is 0 Å². The molecule has 0 radical (unpaired) electrons. The number of aromatic nitrogens is 5. The van der Waals surface area contributed by atoms with Crippen molar-refractivity contribution in [3.63, 3.8) is 0 Å². The number of nitrogen functional groups attached to an aromatic ring is 1. The fourth-order valence-corrected chi connectivity index (χ4v) is 1.46. The molecule has 108 valence electrons. The van der Waals surface area contributed by atoms with E-state index in [9.17, 15) is 4.79 Å². The average Bonchev–Trinajstić information content (AvgIpc) is 2.88. The summed E-state index contributed by atoms with van der Waals surface area (Å²) in [5.74, 6) is -1.43. The van der Waals surface area contributed by atoms with Crippen molar-refractivity contribution in [3.8, 4) is 11.6 Å². The molecule has 0 saturated heterocycles. The number of aromatic hydroxyl groups is 2. The Kier molecular flexibility index (Phi) is 3.79. The van der Waals surface area contributed by atoms with E-state index in [1.54, 1.807) is 0 Å². The Bertz CT molecular complexity index is 766. The van der Waals surface area contributed by atoms with Crippen molar-refractivity contribution in [2.24, 2.45) is 5.73 Å². The summed E-state index contributed by atoms with van der Waals surface area (Å²) in [4.78, 5) is 28.2. The molecule has 0 aliphatic rings. The van der Waals surface area contributed by atoms with Crippen LogP contribution in [0.15, 0.2) is 24.9 Å². The Balaban J connectivity index is 0.000000154. The van der Waals surface area contributed by atoms with Gasteiger partial charge in [0.1, 0.15) is 23.2 Å². The van der Waals surface area contributed by atoms with Crippen LogP contribution in [0.25, 0.3) is 11.2 Å². The van der Waals surface area contributed by atoms with Crippen LogP contribution in [0.1, 0.15) is 10.4 Å². The summed E-state index contributed by atoms with van der Waals surface area (Å²) in [5.41, 5.74) is 11.2. The van der Waals surface area contributed by atoms with Gasteiger partial charge in [-0.2, -0.15) is 0 Å². The van der Waals surface area contributed by atoms with Crippen LogP contribution < -0.4 is 11.5 Å². The molecule has 7 N–H and O–H groups in total. The van der Waals surface area contributed by atoms with Gasteiger partial charge in [0.15, 0.2) is 11.5 Å². The van der Waals surface area contributed by atoms with Gasteiger partial charge in [-0.25, -0.2) is 19.9 Å². The second-order valence-corrected chi connectivity index (χ2v) is 3.75. The van der Waals surface area contributed by atoms with Crippen molar-refractivity contribution < 1.29 is 15.0 Å². The maximum absolute atomic E-state index is 10.5. The van der Waals surface area contributed by atoms with E-state index in [4.69, 9.17) is 21.7 Å². The lowest BCUT2D eigenvalue weighted by Crippen LogP contribution is -2.11. The molecule has 0 aromatic carbocycles. The third-order valence-corrected chi connectivity index (χ3v) is 2.40. The maximum atomic E-state index is 10.5. The third-order valence-electron chi connectivity index (χ3n) is 2.40. The van der Waals surface area contributed by atoms with E-state index in [1.807, 2.05) is 0 Å². The van der Waals surface area contributed by atoms with Gasteiger partial charge in [-0.05, 0) is 6.07 Å². The van der Waals surface area contributed by atoms with Crippen LogP contribution >= 0.6 is 0 Å². The van der Waals surface area contributed by atoms with E-state index in [-0.39, 0.29) is 11.3 Å². The maximum Gasteiger partial charge on any atom is 0.257 e. The smallest absolute Gasteiger partial charge is 0.257 e. The molecular weight excluding hydrogens is 278 g/mol. The predicted molar refractivity (Wildman–Crippen MR) is 72.2 cm³/mol. The second kappa shape index (κ2) is 5.69. The molecule has 0 saturated carbocycles. The molecule has 0 aliphatic heterocycles. The van der Waals surface area contributed by atoms with E-state index in [1.165, 1.54) is 18.7 Å². The molecule has 3 aromatic rings. The molecule has 10 nitrogen and oxygen atoms in total. The van der Waals surface area contributed by atoms with Gasteiger partial charge in [0.05, 0.1) is 6.33 Å². The fraction of sp³-hybridized carbons (Fsp3) is 0. The number of rotatable bonds is 1. The average molecular weight is 289 g/mol. The number of aromatic amines is 1. The summed E-state index contributed by atoms with van der Waals surface area (Å²) in [6.07, 6.45) is 4.10. The third kappa shape index (κ3) is 2.94.